The van der Waals surface area contributed by atoms with Gasteiger partial charge in [0.05, 0.1) is 17.4 Å². The molecule has 0 aliphatic carbocycles. The number of aryl methyl sites for hydroxylation is 1. The first-order valence-corrected chi connectivity index (χ1v) is 6.53. The monoisotopic (exact) mass is 262 g/mol. The summed E-state index contributed by atoms with van der Waals surface area (Å²) in [6.07, 6.45) is 1.74. The number of anilines is 1. The fraction of sp³-hybridized carbons (Fsp3) is 0.0625. The maximum Gasteiger partial charge on any atom is 0.167 e. The van der Waals surface area contributed by atoms with Gasteiger partial charge in [-0.25, -0.2) is 4.98 Å². The van der Waals surface area contributed by atoms with Crippen LogP contribution in [0.2, 0.25) is 0 Å². The van der Waals surface area contributed by atoms with Crippen molar-refractivity contribution in [2.24, 2.45) is 7.05 Å². The Kier molecular flexibility index (Phi) is 2.15. The molecule has 0 fully saturated rings. The van der Waals surface area contributed by atoms with Crippen molar-refractivity contribution in [3.8, 4) is 5.82 Å². The maximum atomic E-state index is 6.06. The third-order valence-electron chi connectivity index (χ3n) is 3.73. The molecule has 0 bridgehead atoms. The molecule has 0 saturated carbocycles. The van der Waals surface area contributed by atoms with Crippen LogP contribution in [-0.2, 0) is 7.05 Å². The minimum Gasteiger partial charge on any atom is -0.381 e. The number of rotatable bonds is 1. The lowest BCUT2D eigenvalue weighted by Crippen LogP contribution is -2.03. The van der Waals surface area contributed by atoms with E-state index in [1.165, 1.54) is 10.8 Å². The van der Waals surface area contributed by atoms with E-state index in [0.717, 1.165) is 16.9 Å². The van der Waals surface area contributed by atoms with E-state index < -0.39 is 0 Å². The van der Waals surface area contributed by atoms with Crippen molar-refractivity contribution in [1.82, 2.24) is 14.1 Å². The van der Waals surface area contributed by atoms with E-state index in [0.29, 0.717) is 5.82 Å². The summed E-state index contributed by atoms with van der Waals surface area (Å²) >= 11 is 0. The number of hydrogen-bond donors (Lipinski definition) is 1. The summed E-state index contributed by atoms with van der Waals surface area (Å²) in [5.41, 5.74) is 8.35. The summed E-state index contributed by atoms with van der Waals surface area (Å²) in [5.74, 6) is 1.45. The number of aromatic nitrogens is 3. The molecule has 0 radical (unpaired) electrons. The first-order chi connectivity index (χ1) is 9.77. The van der Waals surface area contributed by atoms with Crippen LogP contribution in [0.4, 0.5) is 5.82 Å². The number of imidazole rings is 1. The predicted molar refractivity (Wildman–Crippen MR) is 82.0 cm³/mol. The fourth-order valence-corrected chi connectivity index (χ4v) is 2.86. The van der Waals surface area contributed by atoms with Gasteiger partial charge in [0.15, 0.2) is 11.6 Å². The second-order valence-electron chi connectivity index (χ2n) is 4.93. The number of nitrogens with zero attached hydrogens (tertiary/aromatic N) is 3. The van der Waals surface area contributed by atoms with Gasteiger partial charge in [-0.1, -0.05) is 36.4 Å². The average molecular weight is 262 g/mol. The van der Waals surface area contributed by atoms with E-state index in [-0.39, 0.29) is 0 Å². The van der Waals surface area contributed by atoms with Crippen molar-refractivity contribution >= 4 is 27.6 Å². The third-order valence-corrected chi connectivity index (χ3v) is 3.73. The lowest BCUT2D eigenvalue weighted by atomic mass is 10.2. The van der Waals surface area contributed by atoms with Gasteiger partial charge >= 0.3 is 0 Å². The molecule has 4 nitrogen and oxygen atoms in total. The van der Waals surface area contributed by atoms with Crippen LogP contribution in [0.5, 0.6) is 0 Å². The Morgan fingerprint density at radius 2 is 1.45 bits per heavy atom. The summed E-state index contributed by atoms with van der Waals surface area (Å²) in [4.78, 5) is 4.21. The van der Waals surface area contributed by atoms with Gasteiger partial charge in [0, 0.05) is 17.8 Å². The van der Waals surface area contributed by atoms with Gasteiger partial charge in [-0.05, 0) is 12.1 Å². The lowest BCUT2D eigenvalue weighted by Gasteiger charge is -2.08. The third kappa shape index (κ3) is 1.33. The summed E-state index contributed by atoms with van der Waals surface area (Å²) < 4.78 is 4.13. The zero-order valence-electron chi connectivity index (χ0n) is 11.1. The van der Waals surface area contributed by atoms with Crippen molar-refractivity contribution in [2.45, 2.75) is 0 Å². The molecule has 4 rings (SSSR count). The van der Waals surface area contributed by atoms with Gasteiger partial charge in [0.25, 0.3) is 0 Å². The molecule has 0 aliphatic rings. The Morgan fingerprint density at radius 1 is 0.900 bits per heavy atom. The Hall–Kier alpha value is -2.75. The van der Waals surface area contributed by atoms with Crippen molar-refractivity contribution in [1.29, 1.82) is 0 Å². The van der Waals surface area contributed by atoms with Crippen molar-refractivity contribution < 1.29 is 0 Å². The minimum atomic E-state index is 0.541. The molecule has 98 valence electrons. The van der Waals surface area contributed by atoms with Gasteiger partial charge < -0.3 is 10.3 Å². The van der Waals surface area contributed by atoms with E-state index in [2.05, 4.69) is 45.9 Å². The molecule has 4 heteroatoms. The number of benzene rings is 2. The molecule has 2 heterocycles. The quantitative estimate of drug-likeness (QED) is 0.573. The molecule has 2 aromatic heterocycles. The molecule has 2 aromatic carbocycles. The highest BCUT2D eigenvalue weighted by atomic mass is 15.2. The summed E-state index contributed by atoms with van der Waals surface area (Å²) in [6, 6.07) is 16.7. The van der Waals surface area contributed by atoms with Crippen molar-refractivity contribution in [3.63, 3.8) is 0 Å². The molecule has 20 heavy (non-hydrogen) atoms. The summed E-state index contributed by atoms with van der Waals surface area (Å²) in [7, 11) is 1.96. The topological polar surface area (TPSA) is 48.8 Å². The zero-order valence-corrected chi connectivity index (χ0v) is 11.1. The first kappa shape index (κ1) is 11.1. The molecule has 2 N–H and O–H groups in total. The van der Waals surface area contributed by atoms with Crippen molar-refractivity contribution in [2.75, 3.05) is 5.73 Å². The first-order valence-electron chi connectivity index (χ1n) is 6.53. The average Bonchev–Trinajstić information content (AvgIpc) is 2.97. The highest BCUT2D eigenvalue weighted by Crippen LogP contribution is 2.32. The second kappa shape index (κ2) is 3.87. The highest BCUT2D eigenvalue weighted by Gasteiger charge is 2.15. The highest BCUT2D eigenvalue weighted by molar-refractivity contribution is 6.09. The number of fused-ring (bicyclic) bond motifs is 3. The predicted octanol–water partition coefficient (Wildman–Crippen LogP) is 3.10. The van der Waals surface area contributed by atoms with Crippen molar-refractivity contribution in [3.05, 3.63) is 54.9 Å². The van der Waals surface area contributed by atoms with Crippen LogP contribution in [0.3, 0.4) is 0 Å². The molecule has 0 spiro atoms. The van der Waals surface area contributed by atoms with Crippen LogP contribution in [0.1, 0.15) is 0 Å². The van der Waals surface area contributed by atoms with Crippen LogP contribution < -0.4 is 5.73 Å². The smallest absolute Gasteiger partial charge is 0.167 e. The van der Waals surface area contributed by atoms with Gasteiger partial charge in [0.1, 0.15) is 0 Å². The Bertz CT molecular complexity index is 857. The van der Waals surface area contributed by atoms with Crippen LogP contribution in [0, 0.1) is 0 Å². The van der Waals surface area contributed by atoms with Crippen LogP contribution in [0.25, 0.3) is 27.6 Å². The standard InChI is InChI=1S/C16H14N4/c1-19-10-18-15(17)16(19)20-13-8-4-2-6-11(13)12-7-3-5-9-14(12)20/h2-10H,17H2,1H3. The molecule has 0 amide bonds. The summed E-state index contributed by atoms with van der Waals surface area (Å²) in [6.45, 7) is 0. The van der Waals surface area contributed by atoms with E-state index in [9.17, 15) is 0 Å². The number of nitrogen functional groups attached to an aromatic ring is 1. The van der Waals surface area contributed by atoms with Gasteiger partial charge in [-0.3, -0.25) is 4.57 Å². The maximum absolute atomic E-state index is 6.06. The van der Waals surface area contributed by atoms with Gasteiger partial charge in [-0.15, -0.1) is 0 Å². The van der Waals surface area contributed by atoms with Gasteiger partial charge in [-0.2, -0.15) is 0 Å². The molecule has 0 unspecified atom stereocenters. The van der Waals surface area contributed by atoms with E-state index >= 15 is 0 Å². The Balaban J connectivity index is 2.27. The Morgan fingerprint density at radius 3 is 1.95 bits per heavy atom. The van der Waals surface area contributed by atoms with E-state index in [4.69, 9.17) is 5.73 Å². The molecule has 0 aliphatic heterocycles. The summed E-state index contributed by atoms with van der Waals surface area (Å²) in [5, 5.41) is 2.45. The largest absolute Gasteiger partial charge is 0.381 e. The van der Waals surface area contributed by atoms with Gasteiger partial charge in [0.2, 0.25) is 0 Å². The number of para-hydroxylation sites is 2. The number of nitrogens with two attached hydrogens (primary N) is 1. The Labute approximate surface area is 116 Å². The minimum absolute atomic E-state index is 0.541. The van der Waals surface area contributed by atoms with E-state index in [1.54, 1.807) is 6.33 Å². The van der Waals surface area contributed by atoms with Crippen LogP contribution >= 0.6 is 0 Å². The second-order valence-corrected chi connectivity index (χ2v) is 4.93. The normalized spacial score (nSPS) is 11.4. The molecule has 0 saturated heterocycles. The van der Waals surface area contributed by atoms with Crippen LogP contribution in [-0.4, -0.2) is 14.1 Å². The molecule has 4 aromatic rings. The van der Waals surface area contributed by atoms with E-state index in [1.807, 2.05) is 23.7 Å². The lowest BCUT2D eigenvalue weighted by molar-refractivity contribution is 0.864. The number of hydrogen-bond acceptors (Lipinski definition) is 2. The zero-order chi connectivity index (χ0) is 13.7. The SMILES string of the molecule is Cn1cnc(N)c1-n1c2ccccc2c2ccccc21. The molecule has 0 atom stereocenters. The molecular formula is C16H14N4. The van der Waals surface area contributed by atoms with Crippen LogP contribution in [0.15, 0.2) is 54.9 Å². The fourth-order valence-electron chi connectivity index (χ4n) is 2.86. The molecular weight excluding hydrogens is 248 g/mol.